The summed E-state index contributed by atoms with van der Waals surface area (Å²) in [6.45, 7) is 5.54. The number of nitrogens with zero attached hydrogens (tertiary/aromatic N) is 2. The molecule has 0 spiro atoms. The maximum atomic E-state index is 13.3. The fourth-order valence-electron chi connectivity index (χ4n) is 1.60. The van der Waals surface area contributed by atoms with E-state index in [-0.39, 0.29) is 5.82 Å². The predicted molar refractivity (Wildman–Crippen MR) is 71.2 cm³/mol. The summed E-state index contributed by atoms with van der Waals surface area (Å²) < 4.78 is 13.3. The highest BCUT2D eigenvalue weighted by Gasteiger charge is 2.09. The molecule has 3 nitrogen and oxygen atoms in total. The monoisotopic (exact) mass is 263 g/mol. The van der Waals surface area contributed by atoms with Crippen molar-refractivity contribution in [1.29, 1.82) is 0 Å². The number of benzene rings is 1. The fourth-order valence-corrected chi connectivity index (χ4v) is 2.58. The number of aryl methyl sites for hydroxylation is 3. The van der Waals surface area contributed by atoms with Crippen LogP contribution in [0.2, 0.25) is 0 Å². The summed E-state index contributed by atoms with van der Waals surface area (Å²) in [4.78, 5) is 9.43. The van der Waals surface area contributed by atoms with Gasteiger partial charge in [-0.3, -0.25) is 0 Å². The summed E-state index contributed by atoms with van der Waals surface area (Å²) in [6.07, 6.45) is 0. The van der Waals surface area contributed by atoms with Crippen LogP contribution in [0.4, 0.5) is 10.1 Å². The second kappa shape index (κ2) is 4.94. The number of anilines is 1. The third-order valence-corrected chi connectivity index (χ3v) is 3.39. The van der Waals surface area contributed by atoms with E-state index in [1.165, 1.54) is 17.8 Å². The zero-order chi connectivity index (χ0) is 13.3. The third-order valence-electron chi connectivity index (χ3n) is 2.45. The highest BCUT2D eigenvalue weighted by atomic mass is 32.2. The van der Waals surface area contributed by atoms with Crippen LogP contribution in [0.15, 0.2) is 28.3 Å². The Bertz CT molecular complexity index is 579. The maximum Gasteiger partial charge on any atom is 0.192 e. The van der Waals surface area contributed by atoms with Crippen molar-refractivity contribution in [1.82, 2.24) is 9.97 Å². The van der Waals surface area contributed by atoms with Gasteiger partial charge in [0, 0.05) is 22.0 Å². The Morgan fingerprint density at radius 2 is 1.67 bits per heavy atom. The van der Waals surface area contributed by atoms with Crippen molar-refractivity contribution in [3.05, 3.63) is 41.0 Å². The number of aromatic nitrogens is 2. The van der Waals surface area contributed by atoms with Gasteiger partial charge in [-0.15, -0.1) is 0 Å². The molecule has 94 valence electrons. The first-order valence-corrected chi connectivity index (χ1v) is 6.33. The molecule has 1 heterocycles. The summed E-state index contributed by atoms with van der Waals surface area (Å²) in [5.74, 6) is -0.293. The zero-order valence-electron chi connectivity index (χ0n) is 10.5. The molecule has 1 aromatic heterocycles. The molecule has 2 N–H and O–H groups in total. The van der Waals surface area contributed by atoms with Gasteiger partial charge < -0.3 is 5.73 Å². The van der Waals surface area contributed by atoms with Crippen molar-refractivity contribution < 1.29 is 4.39 Å². The summed E-state index contributed by atoms with van der Waals surface area (Å²) in [5, 5.41) is 0.630. The van der Waals surface area contributed by atoms with E-state index in [0.717, 1.165) is 16.3 Å². The number of rotatable bonds is 2. The van der Waals surface area contributed by atoms with Gasteiger partial charge in [0.25, 0.3) is 0 Å². The van der Waals surface area contributed by atoms with E-state index in [1.807, 2.05) is 19.9 Å². The molecule has 0 aliphatic heterocycles. The standard InChI is InChI=1S/C13H14FN3S/c1-7-4-12(11(15)6-10(7)14)18-13-16-8(2)5-9(3)17-13/h4-6H,15H2,1-3H3. The first-order valence-electron chi connectivity index (χ1n) is 5.51. The number of nitrogens with two attached hydrogens (primary N) is 1. The van der Waals surface area contributed by atoms with Crippen LogP contribution in [0.25, 0.3) is 0 Å². The molecule has 2 aromatic rings. The molecule has 1 aromatic carbocycles. The lowest BCUT2D eigenvalue weighted by molar-refractivity contribution is 0.618. The highest BCUT2D eigenvalue weighted by molar-refractivity contribution is 7.99. The summed E-state index contributed by atoms with van der Waals surface area (Å²) in [6, 6.07) is 4.96. The Morgan fingerprint density at radius 3 is 2.28 bits per heavy atom. The maximum absolute atomic E-state index is 13.3. The summed E-state index contributed by atoms with van der Waals surface area (Å²) in [7, 11) is 0. The lowest BCUT2D eigenvalue weighted by Gasteiger charge is -2.07. The Morgan fingerprint density at radius 1 is 1.06 bits per heavy atom. The first-order chi connectivity index (χ1) is 8.45. The van der Waals surface area contributed by atoms with E-state index >= 15 is 0 Å². The molecule has 0 atom stereocenters. The van der Waals surface area contributed by atoms with Gasteiger partial charge in [0.15, 0.2) is 5.16 Å². The molecule has 0 unspecified atom stereocenters. The Hall–Kier alpha value is -1.62. The molecule has 0 amide bonds. The van der Waals surface area contributed by atoms with Crippen molar-refractivity contribution in [3.8, 4) is 0 Å². The third kappa shape index (κ3) is 2.79. The van der Waals surface area contributed by atoms with Gasteiger partial charge in [-0.05, 0) is 56.3 Å². The van der Waals surface area contributed by atoms with E-state index < -0.39 is 0 Å². The zero-order valence-corrected chi connectivity index (χ0v) is 11.3. The molecule has 0 saturated heterocycles. The van der Waals surface area contributed by atoms with E-state index in [0.29, 0.717) is 16.4 Å². The van der Waals surface area contributed by atoms with Crippen molar-refractivity contribution >= 4 is 17.4 Å². The Kier molecular flexibility index (Phi) is 3.52. The SMILES string of the molecule is Cc1cc(C)nc(Sc2cc(C)c(F)cc2N)n1. The number of hydrogen-bond donors (Lipinski definition) is 1. The number of hydrogen-bond acceptors (Lipinski definition) is 4. The summed E-state index contributed by atoms with van der Waals surface area (Å²) in [5.41, 5.74) is 8.58. The highest BCUT2D eigenvalue weighted by Crippen LogP contribution is 2.31. The second-order valence-corrected chi connectivity index (χ2v) is 5.18. The van der Waals surface area contributed by atoms with Crippen LogP contribution in [0.3, 0.4) is 0 Å². The minimum absolute atomic E-state index is 0.293. The van der Waals surface area contributed by atoms with E-state index in [1.54, 1.807) is 13.0 Å². The Labute approximate surface area is 110 Å². The van der Waals surface area contributed by atoms with Crippen LogP contribution >= 0.6 is 11.8 Å². The second-order valence-electron chi connectivity index (χ2n) is 4.17. The molecule has 0 saturated carbocycles. The van der Waals surface area contributed by atoms with Crippen LogP contribution in [0.5, 0.6) is 0 Å². The van der Waals surface area contributed by atoms with Gasteiger partial charge in [-0.1, -0.05) is 0 Å². The van der Waals surface area contributed by atoms with Crippen molar-refractivity contribution in [3.63, 3.8) is 0 Å². The van der Waals surface area contributed by atoms with Gasteiger partial charge in [0.1, 0.15) is 5.82 Å². The van der Waals surface area contributed by atoms with Gasteiger partial charge in [0.05, 0.1) is 0 Å². The largest absolute Gasteiger partial charge is 0.398 e. The summed E-state index contributed by atoms with van der Waals surface area (Å²) >= 11 is 1.35. The molecule has 0 bridgehead atoms. The quantitative estimate of drug-likeness (QED) is 0.667. The lowest BCUT2D eigenvalue weighted by atomic mass is 10.2. The molecule has 18 heavy (non-hydrogen) atoms. The van der Waals surface area contributed by atoms with Crippen LogP contribution < -0.4 is 5.73 Å². The molecule has 2 rings (SSSR count). The molecule has 5 heteroatoms. The van der Waals surface area contributed by atoms with Crippen LogP contribution in [-0.4, -0.2) is 9.97 Å². The van der Waals surface area contributed by atoms with Crippen molar-refractivity contribution in [2.45, 2.75) is 30.8 Å². The minimum Gasteiger partial charge on any atom is -0.398 e. The number of halogens is 1. The van der Waals surface area contributed by atoms with Crippen molar-refractivity contribution in [2.75, 3.05) is 5.73 Å². The predicted octanol–water partition coefficient (Wildman–Crippen LogP) is 3.27. The fraction of sp³-hybridized carbons (Fsp3) is 0.231. The molecule has 0 fully saturated rings. The van der Waals surface area contributed by atoms with E-state index in [4.69, 9.17) is 5.73 Å². The van der Waals surface area contributed by atoms with Crippen LogP contribution in [0.1, 0.15) is 17.0 Å². The van der Waals surface area contributed by atoms with E-state index in [2.05, 4.69) is 9.97 Å². The first kappa shape index (κ1) is 12.8. The molecule has 0 aliphatic rings. The van der Waals surface area contributed by atoms with E-state index in [9.17, 15) is 4.39 Å². The average Bonchev–Trinajstić information content (AvgIpc) is 2.24. The van der Waals surface area contributed by atoms with Gasteiger partial charge in [-0.2, -0.15) is 0 Å². The molecule has 0 aliphatic carbocycles. The smallest absolute Gasteiger partial charge is 0.192 e. The Balaban J connectivity index is 2.36. The van der Waals surface area contributed by atoms with Gasteiger partial charge in [-0.25, -0.2) is 14.4 Å². The van der Waals surface area contributed by atoms with Gasteiger partial charge >= 0.3 is 0 Å². The lowest BCUT2D eigenvalue weighted by Crippen LogP contribution is -1.96. The number of nitrogen functional groups attached to an aromatic ring is 1. The molecular weight excluding hydrogens is 249 g/mol. The van der Waals surface area contributed by atoms with Crippen LogP contribution in [-0.2, 0) is 0 Å². The normalized spacial score (nSPS) is 10.7. The average molecular weight is 263 g/mol. The van der Waals surface area contributed by atoms with Crippen LogP contribution in [0, 0.1) is 26.6 Å². The topological polar surface area (TPSA) is 51.8 Å². The molecule has 0 radical (unpaired) electrons. The minimum atomic E-state index is -0.293. The van der Waals surface area contributed by atoms with Gasteiger partial charge in [0.2, 0.25) is 0 Å². The van der Waals surface area contributed by atoms with Crippen molar-refractivity contribution in [2.24, 2.45) is 0 Å². The molecular formula is C13H14FN3S.